The van der Waals surface area contributed by atoms with E-state index in [0.717, 1.165) is 29.1 Å². The average molecular weight is 604 g/mol. The van der Waals surface area contributed by atoms with Gasteiger partial charge in [0.2, 0.25) is 0 Å². The van der Waals surface area contributed by atoms with Gasteiger partial charge >= 0.3 is 5.97 Å². The second-order valence-corrected chi connectivity index (χ2v) is 11.7. The predicted octanol–water partition coefficient (Wildman–Crippen LogP) is 5.96. The Balaban J connectivity index is 1.76. The van der Waals surface area contributed by atoms with Gasteiger partial charge in [0.15, 0.2) is 4.80 Å². The van der Waals surface area contributed by atoms with Gasteiger partial charge in [-0.25, -0.2) is 9.79 Å². The first-order valence-electron chi connectivity index (χ1n) is 14.0. The van der Waals surface area contributed by atoms with E-state index in [1.165, 1.54) is 16.9 Å². The summed E-state index contributed by atoms with van der Waals surface area (Å²) >= 11 is 7.76. The average Bonchev–Trinajstić information content (AvgIpc) is 3.42. The molecular weight excluding hydrogens is 570 g/mol. The first kappa shape index (κ1) is 29.6. The Kier molecular flexibility index (Phi) is 8.57. The summed E-state index contributed by atoms with van der Waals surface area (Å²) < 4.78 is 15.5. The molecule has 1 aliphatic heterocycles. The number of hydrogen-bond donors (Lipinski definition) is 0. The Bertz CT molecular complexity index is 1880. The first-order valence-corrected chi connectivity index (χ1v) is 15.2. The highest BCUT2D eigenvalue weighted by atomic mass is 35.5. The van der Waals surface area contributed by atoms with E-state index >= 15 is 0 Å². The van der Waals surface area contributed by atoms with Crippen LogP contribution >= 0.6 is 22.9 Å². The Hall–Kier alpha value is -3.88. The minimum atomic E-state index is -0.808. The number of aromatic nitrogens is 2. The zero-order valence-corrected chi connectivity index (χ0v) is 26.2. The number of ether oxygens (including phenoxy) is 2. The third-order valence-electron chi connectivity index (χ3n) is 7.43. The Labute approximate surface area is 254 Å². The van der Waals surface area contributed by atoms with Gasteiger partial charge in [-0.2, -0.15) is 0 Å². The van der Waals surface area contributed by atoms with Crippen LogP contribution in [-0.2, 0) is 9.53 Å². The van der Waals surface area contributed by atoms with Crippen molar-refractivity contribution in [2.24, 2.45) is 4.99 Å². The lowest BCUT2D eigenvalue weighted by molar-refractivity contribution is -0.139. The van der Waals surface area contributed by atoms with Gasteiger partial charge in [-0.3, -0.25) is 9.36 Å². The molecule has 1 aliphatic rings. The predicted molar refractivity (Wildman–Crippen MR) is 168 cm³/mol. The van der Waals surface area contributed by atoms with Crippen molar-refractivity contribution in [1.82, 2.24) is 9.13 Å². The number of benzene rings is 2. The number of hydrogen-bond acceptors (Lipinski definition) is 6. The van der Waals surface area contributed by atoms with E-state index in [1.807, 2.05) is 19.9 Å². The molecule has 0 spiro atoms. The van der Waals surface area contributed by atoms with Crippen molar-refractivity contribution in [3.05, 3.63) is 113 Å². The van der Waals surface area contributed by atoms with Gasteiger partial charge < -0.3 is 14.0 Å². The number of carbonyl (C=O) groups is 1. The quantitative estimate of drug-likeness (QED) is 0.233. The second kappa shape index (κ2) is 12.2. The van der Waals surface area contributed by atoms with Gasteiger partial charge in [0.05, 0.1) is 29.5 Å². The molecule has 0 N–H and O–H groups in total. The lowest BCUT2D eigenvalue weighted by atomic mass is 9.93. The van der Waals surface area contributed by atoms with E-state index in [-0.39, 0.29) is 12.2 Å². The van der Waals surface area contributed by atoms with Crippen LogP contribution in [0.15, 0.2) is 69.6 Å². The molecule has 0 radical (unpaired) electrons. The zero-order chi connectivity index (χ0) is 30.1. The summed E-state index contributed by atoms with van der Waals surface area (Å²) in [5, 5.41) is 0.466. The van der Waals surface area contributed by atoms with Gasteiger partial charge in [-0.15, -0.1) is 0 Å². The van der Waals surface area contributed by atoms with Crippen molar-refractivity contribution < 1.29 is 14.3 Å². The molecule has 0 aliphatic carbocycles. The van der Waals surface area contributed by atoms with Crippen molar-refractivity contribution in [2.45, 2.75) is 53.5 Å². The maximum atomic E-state index is 14.2. The summed E-state index contributed by atoms with van der Waals surface area (Å²) in [5.74, 6) is 0.00724. The molecule has 0 unspecified atom stereocenters. The van der Waals surface area contributed by atoms with E-state index in [2.05, 4.69) is 48.7 Å². The molecule has 0 bridgehead atoms. The molecule has 7 nitrogen and oxygen atoms in total. The Morgan fingerprint density at radius 1 is 1.10 bits per heavy atom. The lowest BCUT2D eigenvalue weighted by Crippen LogP contribution is -2.40. The Morgan fingerprint density at radius 2 is 1.83 bits per heavy atom. The van der Waals surface area contributed by atoms with Crippen molar-refractivity contribution in [3.63, 3.8) is 0 Å². The van der Waals surface area contributed by atoms with Crippen LogP contribution in [-0.4, -0.2) is 28.8 Å². The van der Waals surface area contributed by atoms with Crippen LogP contribution < -0.4 is 19.6 Å². The molecule has 218 valence electrons. The highest BCUT2D eigenvalue weighted by Crippen LogP contribution is 2.38. The number of esters is 1. The molecule has 2 aromatic carbocycles. The van der Waals surface area contributed by atoms with Gasteiger partial charge in [0.25, 0.3) is 5.56 Å². The van der Waals surface area contributed by atoms with Crippen LogP contribution in [0.25, 0.3) is 11.8 Å². The molecule has 42 heavy (non-hydrogen) atoms. The molecule has 0 fully saturated rings. The SMILES string of the molecule is CCCC1=C(C(=O)OCC)[C@H](c2cc(Cl)ccc2OC)n2c(s/c(=C/c3cc(C)n(-c4ccc(C)cc4)c3C)c2=O)=N1. The molecule has 0 saturated carbocycles. The van der Waals surface area contributed by atoms with Crippen LogP contribution in [0.5, 0.6) is 5.75 Å². The van der Waals surface area contributed by atoms with Gasteiger partial charge in [-0.05, 0) is 82.2 Å². The third-order valence-corrected chi connectivity index (χ3v) is 8.65. The van der Waals surface area contributed by atoms with E-state index < -0.39 is 12.0 Å². The normalized spacial score (nSPS) is 15.0. The van der Waals surface area contributed by atoms with E-state index in [9.17, 15) is 9.59 Å². The number of aryl methyl sites for hydroxylation is 2. The summed E-state index contributed by atoms with van der Waals surface area (Å²) in [6, 6.07) is 14.8. The fourth-order valence-electron chi connectivity index (χ4n) is 5.50. The lowest BCUT2D eigenvalue weighted by Gasteiger charge is -2.27. The third kappa shape index (κ3) is 5.37. The van der Waals surface area contributed by atoms with Crippen molar-refractivity contribution in [3.8, 4) is 11.4 Å². The van der Waals surface area contributed by atoms with Gasteiger partial charge in [0.1, 0.15) is 11.8 Å². The number of halogens is 1. The number of nitrogens with zero attached hydrogens (tertiary/aromatic N) is 3. The smallest absolute Gasteiger partial charge is 0.338 e. The zero-order valence-electron chi connectivity index (χ0n) is 24.7. The van der Waals surface area contributed by atoms with Gasteiger partial charge in [-0.1, -0.05) is 54.0 Å². The van der Waals surface area contributed by atoms with Crippen LogP contribution in [0.3, 0.4) is 0 Å². The highest BCUT2D eigenvalue weighted by molar-refractivity contribution is 7.07. The summed E-state index contributed by atoms with van der Waals surface area (Å²) in [6.07, 6.45) is 3.23. The molecule has 4 aromatic rings. The molecule has 9 heteroatoms. The number of thiazole rings is 1. The fourth-order valence-corrected chi connectivity index (χ4v) is 6.69. The van der Waals surface area contributed by atoms with Crippen LogP contribution in [0, 0.1) is 20.8 Å². The molecule has 2 aromatic heterocycles. The molecule has 0 saturated heterocycles. The first-order chi connectivity index (χ1) is 20.2. The minimum absolute atomic E-state index is 0.197. The number of rotatable bonds is 8. The molecule has 1 atom stereocenters. The van der Waals surface area contributed by atoms with Crippen molar-refractivity contribution in [2.75, 3.05) is 13.7 Å². The molecule has 0 amide bonds. The maximum absolute atomic E-state index is 14.2. The van der Waals surface area contributed by atoms with Crippen LogP contribution in [0.4, 0.5) is 0 Å². The molecule has 3 heterocycles. The number of carbonyl (C=O) groups excluding carboxylic acids is 1. The molecule has 5 rings (SSSR count). The summed E-state index contributed by atoms with van der Waals surface area (Å²) in [7, 11) is 1.56. The van der Waals surface area contributed by atoms with E-state index in [1.54, 1.807) is 36.8 Å². The highest BCUT2D eigenvalue weighted by Gasteiger charge is 2.36. The largest absolute Gasteiger partial charge is 0.496 e. The number of allylic oxidation sites excluding steroid dienone is 1. The van der Waals surface area contributed by atoms with Crippen molar-refractivity contribution >= 4 is 35.0 Å². The summed E-state index contributed by atoms with van der Waals surface area (Å²) in [5.41, 5.74) is 6.56. The van der Waals surface area contributed by atoms with E-state index in [4.69, 9.17) is 26.1 Å². The topological polar surface area (TPSA) is 74.8 Å². The fraction of sp³-hybridized carbons (Fsp3) is 0.303. The van der Waals surface area contributed by atoms with E-state index in [0.29, 0.717) is 43.4 Å². The second-order valence-electron chi connectivity index (χ2n) is 10.3. The summed E-state index contributed by atoms with van der Waals surface area (Å²) in [6.45, 7) is 10.2. The summed E-state index contributed by atoms with van der Waals surface area (Å²) in [4.78, 5) is 33.1. The monoisotopic (exact) mass is 603 g/mol. The van der Waals surface area contributed by atoms with Crippen LogP contribution in [0.2, 0.25) is 5.02 Å². The number of fused-ring (bicyclic) bond motifs is 1. The molecular formula is C33H34ClN3O4S. The van der Waals surface area contributed by atoms with Crippen LogP contribution in [0.1, 0.15) is 60.8 Å². The van der Waals surface area contributed by atoms with Crippen molar-refractivity contribution in [1.29, 1.82) is 0 Å². The van der Waals surface area contributed by atoms with Gasteiger partial charge in [0, 0.05) is 27.7 Å². The minimum Gasteiger partial charge on any atom is -0.496 e. The maximum Gasteiger partial charge on any atom is 0.338 e. The standard InChI is InChI=1S/C33H34ClN3O4S/c1-7-9-26-29(32(39)41-8-2)30(25-18-23(34)12-15-27(25)40-6)37-31(38)28(42-33(37)35-26)17-22-16-20(4)36(21(22)5)24-13-10-19(3)11-14-24/h10-18,30H,7-9H2,1-6H3/b28-17+/t30-/m0/s1. The number of methoxy groups -OCH3 is 1. The Morgan fingerprint density at radius 3 is 2.50 bits per heavy atom.